The van der Waals surface area contributed by atoms with Crippen LogP contribution >= 0.6 is 0 Å². The van der Waals surface area contributed by atoms with Crippen LogP contribution in [-0.4, -0.2) is 40.3 Å². The molecule has 0 spiro atoms. The molecule has 0 fully saturated rings. The van der Waals surface area contributed by atoms with Crippen LogP contribution in [-0.2, 0) is 14.6 Å². The number of sulfone groups is 1. The van der Waals surface area contributed by atoms with Crippen molar-refractivity contribution in [2.75, 3.05) is 19.9 Å². The fourth-order valence-electron chi connectivity index (χ4n) is 2.32. The predicted molar refractivity (Wildman–Crippen MR) is 98.4 cm³/mol. The third-order valence-corrected chi connectivity index (χ3v) is 5.13. The number of carbonyl (C=O) groups excluding carboxylic acids is 1. The van der Waals surface area contributed by atoms with Crippen LogP contribution in [0, 0.1) is 0 Å². The van der Waals surface area contributed by atoms with Crippen molar-refractivity contribution in [2.45, 2.75) is 24.3 Å². The van der Waals surface area contributed by atoms with Gasteiger partial charge in [0.1, 0.15) is 0 Å². The molecule has 1 N–H and O–H groups in total. The Hall–Kier alpha value is -2.18. The minimum absolute atomic E-state index is 0.109. The summed E-state index contributed by atoms with van der Waals surface area (Å²) in [5.41, 5.74) is 2.40. The van der Waals surface area contributed by atoms with Crippen molar-refractivity contribution in [3.63, 3.8) is 0 Å². The standard InChI is InChI=1S/C19H23NO4S/c1-14(24-2)12-13-20-19(21)17-6-4-15(5-7-17)16-8-10-18(11-9-16)25(3,22)23/h4-11,14H,12-13H2,1-3H3,(H,20,21)/t14-/m1/s1. The lowest BCUT2D eigenvalue weighted by Crippen LogP contribution is -2.26. The number of nitrogens with one attached hydrogen (secondary N) is 1. The average Bonchev–Trinajstić information content (AvgIpc) is 2.61. The van der Waals surface area contributed by atoms with Crippen molar-refractivity contribution in [3.8, 4) is 11.1 Å². The van der Waals surface area contributed by atoms with Gasteiger partial charge in [0.25, 0.3) is 5.91 Å². The lowest BCUT2D eigenvalue weighted by Gasteiger charge is -2.10. The minimum atomic E-state index is -3.20. The number of ether oxygens (including phenoxy) is 1. The zero-order chi connectivity index (χ0) is 18.4. The Morgan fingerprint density at radius 2 is 1.56 bits per heavy atom. The second-order valence-corrected chi connectivity index (χ2v) is 7.98. The third kappa shape index (κ3) is 5.41. The zero-order valence-corrected chi connectivity index (χ0v) is 15.5. The Morgan fingerprint density at radius 3 is 2.04 bits per heavy atom. The fraction of sp³-hybridized carbons (Fsp3) is 0.316. The molecule has 0 radical (unpaired) electrons. The smallest absolute Gasteiger partial charge is 0.251 e. The number of methoxy groups -OCH3 is 1. The van der Waals surface area contributed by atoms with Gasteiger partial charge in [0, 0.05) is 25.5 Å². The summed E-state index contributed by atoms with van der Waals surface area (Å²) in [6.45, 7) is 2.51. The Labute approximate surface area is 148 Å². The first kappa shape index (κ1) is 19.1. The van der Waals surface area contributed by atoms with E-state index in [1.54, 1.807) is 43.5 Å². The van der Waals surface area contributed by atoms with Gasteiger partial charge in [0.2, 0.25) is 0 Å². The van der Waals surface area contributed by atoms with E-state index in [9.17, 15) is 13.2 Å². The van der Waals surface area contributed by atoms with E-state index in [1.807, 2.05) is 19.1 Å². The highest BCUT2D eigenvalue weighted by Crippen LogP contribution is 2.22. The zero-order valence-electron chi connectivity index (χ0n) is 14.7. The molecule has 0 saturated heterocycles. The van der Waals surface area contributed by atoms with Gasteiger partial charge in [-0.3, -0.25) is 4.79 Å². The molecule has 2 aromatic carbocycles. The van der Waals surface area contributed by atoms with E-state index in [2.05, 4.69) is 5.32 Å². The molecule has 1 amide bonds. The summed E-state index contributed by atoms with van der Waals surface area (Å²) >= 11 is 0. The number of benzene rings is 2. The Morgan fingerprint density at radius 1 is 1.04 bits per heavy atom. The van der Waals surface area contributed by atoms with Crippen LogP contribution in [0.3, 0.4) is 0 Å². The Bertz CT molecular complexity index is 812. The monoisotopic (exact) mass is 361 g/mol. The second-order valence-electron chi connectivity index (χ2n) is 5.96. The van der Waals surface area contributed by atoms with E-state index in [1.165, 1.54) is 6.26 Å². The fourth-order valence-corrected chi connectivity index (χ4v) is 2.95. The molecular formula is C19H23NO4S. The molecule has 2 aromatic rings. The van der Waals surface area contributed by atoms with E-state index < -0.39 is 9.84 Å². The molecule has 0 bridgehead atoms. The molecule has 0 unspecified atom stereocenters. The molecule has 134 valence electrons. The highest BCUT2D eigenvalue weighted by molar-refractivity contribution is 7.90. The summed E-state index contributed by atoms with van der Waals surface area (Å²) in [6.07, 6.45) is 2.05. The Balaban J connectivity index is 2.03. The summed E-state index contributed by atoms with van der Waals surface area (Å²) in [5.74, 6) is -0.123. The lowest BCUT2D eigenvalue weighted by molar-refractivity contribution is 0.0918. The number of hydrogen-bond acceptors (Lipinski definition) is 4. The summed E-state index contributed by atoms with van der Waals surface area (Å²) in [4.78, 5) is 12.4. The molecule has 0 aromatic heterocycles. The maximum absolute atomic E-state index is 12.1. The average molecular weight is 361 g/mol. The Kier molecular flexibility index (Phi) is 6.33. The molecule has 1 atom stereocenters. The molecule has 25 heavy (non-hydrogen) atoms. The number of rotatable bonds is 7. The molecule has 0 aliphatic carbocycles. The highest BCUT2D eigenvalue weighted by atomic mass is 32.2. The topological polar surface area (TPSA) is 72.5 Å². The lowest BCUT2D eigenvalue weighted by atomic mass is 10.0. The summed E-state index contributed by atoms with van der Waals surface area (Å²) in [7, 11) is -1.55. The number of hydrogen-bond donors (Lipinski definition) is 1. The minimum Gasteiger partial charge on any atom is -0.382 e. The van der Waals surface area contributed by atoms with Crippen LogP contribution in [0.1, 0.15) is 23.7 Å². The van der Waals surface area contributed by atoms with Crippen molar-refractivity contribution in [3.05, 3.63) is 54.1 Å². The van der Waals surface area contributed by atoms with E-state index in [-0.39, 0.29) is 16.9 Å². The quantitative estimate of drug-likeness (QED) is 0.823. The van der Waals surface area contributed by atoms with Crippen LogP contribution in [0.4, 0.5) is 0 Å². The largest absolute Gasteiger partial charge is 0.382 e. The van der Waals surface area contributed by atoms with E-state index in [0.717, 1.165) is 17.5 Å². The van der Waals surface area contributed by atoms with Crippen LogP contribution < -0.4 is 5.32 Å². The van der Waals surface area contributed by atoms with Crippen LogP contribution in [0.25, 0.3) is 11.1 Å². The van der Waals surface area contributed by atoms with Gasteiger partial charge < -0.3 is 10.1 Å². The van der Waals surface area contributed by atoms with Gasteiger partial charge in [-0.15, -0.1) is 0 Å². The molecule has 2 rings (SSSR count). The second kappa shape index (κ2) is 8.27. The van der Waals surface area contributed by atoms with E-state index >= 15 is 0 Å². The van der Waals surface area contributed by atoms with Crippen molar-refractivity contribution in [1.82, 2.24) is 5.32 Å². The molecule has 0 aliphatic heterocycles. The predicted octanol–water partition coefficient (Wildman–Crippen LogP) is 2.91. The molecule has 5 nitrogen and oxygen atoms in total. The number of carbonyl (C=O) groups is 1. The SMILES string of the molecule is CO[C@H](C)CCNC(=O)c1ccc(-c2ccc(S(C)(=O)=O)cc2)cc1. The van der Waals surface area contributed by atoms with Gasteiger partial charge in [-0.05, 0) is 48.7 Å². The van der Waals surface area contributed by atoms with E-state index in [0.29, 0.717) is 12.1 Å². The summed E-state index contributed by atoms with van der Waals surface area (Å²) in [6, 6.07) is 13.9. The first-order valence-electron chi connectivity index (χ1n) is 8.03. The number of amides is 1. The van der Waals surface area contributed by atoms with Crippen LogP contribution in [0.2, 0.25) is 0 Å². The van der Waals surface area contributed by atoms with Gasteiger partial charge in [-0.2, -0.15) is 0 Å². The van der Waals surface area contributed by atoms with Gasteiger partial charge in [-0.1, -0.05) is 24.3 Å². The maximum atomic E-state index is 12.1. The van der Waals surface area contributed by atoms with Crippen molar-refractivity contribution in [1.29, 1.82) is 0 Å². The highest BCUT2D eigenvalue weighted by Gasteiger charge is 2.09. The van der Waals surface area contributed by atoms with Crippen LogP contribution in [0.5, 0.6) is 0 Å². The molecular weight excluding hydrogens is 338 g/mol. The van der Waals surface area contributed by atoms with Crippen molar-refractivity contribution < 1.29 is 17.9 Å². The van der Waals surface area contributed by atoms with E-state index in [4.69, 9.17) is 4.74 Å². The maximum Gasteiger partial charge on any atom is 0.251 e. The molecule has 0 saturated carbocycles. The summed E-state index contributed by atoms with van der Waals surface area (Å²) < 4.78 is 28.1. The molecule has 6 heteroatoms. The molecule has 0 aliphatic rings. The normalized spacial score (nSPS) is 12.6. The van der Waals surface area contributed by atoms with Crippen LogP contribution in [0.15, 0.2) is 53.4 Å². The van der Waals surface area contributed by atoms with Gasteiger partial charge >= 0.3 is 0 Å². The summed E-state index contributed by atoms with van der Waals surface area (Å²) in [5, 5.41) is 2.86. The van der Waals surface area contributed by atoms with Crippen molar-refractivity contribution >= 4 is 15.7 Å². The third-order valence-electron chi connectivity index (χ3n) is 4.00. The van der Waals surface area contributed by atoms with Crippen molar-refractivity contribution in [2.24, 2.45) is 0 Å². The first-order valence-corrected chi connectivity index (χ1v) is 9.92. The van der Waals surface area contributed by atoms with Gasteiger partial charge in [-0.25, -0.2) is 8.42 Å². The van der Waals surface area contributed by atoms with Gasteiger partial charge in [0.05, 0.1) is 11.0 Å². The van der Waals surface area contributed by atoms with Gasteiger partial charge in [0.15, 0.2) is 9.84 Å². The first-order chi connectivity index (χ1) is 11.8. The molecule has 0 heterocycles.